The lowest BCUT2D eigenvalue weighted by molar-refractivity contribution is -0.149. The van der Waals surface area contributed by atoms with E-state index in [2.05, 4.69) is 29.6 Å². The lowest BCUT2D eigenvalue weighted by Gasteiger charge is -2.25. The van der Waals surface area contributed by atoms with Crippen molar-refractivity contribution in [2.75, 3.05) is 26.3 Å². The number of nitrogens with one attached hydrogen (secondary N) is 1. The molecule has 0 aliphatic heterocycles. The van der Waals surface area contributed by atoms with Gasteiger partial charge in [0.25, 0.3) is 0 Å². The summed E-state index contributed by atoms with van der Waals surface area (Å²) >= 11 is 0. The first-order valence-corrected chi connectivity index (χ1v) is 13.2. The number of hydrogen-bond acceptors (Lipinski definition) is 4. The summed E-state index contributed by atoms with van der Waals surface area (Å²) in [6.07, 6.45) is 6.90. The zero-order valence-electron chi connectivity index (χ0n) is 21.4. The van der Waals surface area contributed by atoms with Gasteiger partial charge in [-0.2, -0.15) is 0 Å². The first-order valence-electron chi connectivity index (χ1n) is 13.2. The molecule has 0 saturated heterocycles. The third-order valence-corrected chi connectivity index (χ3v) is 6.57. The molecule has 1 aliphatic rings. The Balaban J connectivity index is 1.47. The van der Waals surface area contributed by atoms with Gasteiger partial charge in [-0.25, -0.2) is 9.59 Å². The molecule has 2 aromatic carbocycles. The first kappa shape index (κ1) is 27.5. The summed E-state index contributed by atoms with van der Waals surface area (Å²) in [7, 11) is 0. The number of benzene rings is 2. The van der Waals surface area contributed by atoms with E-state index in [0.29, 0.717) is 38.5 Å². The van der Waals surface area contributed by atoms with E-state index in [1.165, 1.54) is 18.4 Å². The fourth-order valence-corrected chi connectivity index (χ4v) is 4.56. The number of unbranched alkanes of at least 4 members (excludes halogenated alkanes) is 1. The van der Waals surface area contributed by atoms with E-state index in [1.807, 2.05) is 35.2 Å². The van der Waals surface area contributed by atoms with Crippen molar-refractivity contribution in [1.29, 1.82) is 0 Å². The Kier molecular flexibility index (Phi) is 11.6. The van der Waals surface area contributed by atoms with Crippen LogP contribution < -0.4 is 10.1 Å². The quantitative estimate of drug-likeness (QED) is 0.336. The smallest absolute Gasteiger partial charge is 0.333 e. The van der Waals surface area contributed by atoms with Gasteiger partial charge in [0.15, 0.2) is 6.10 Å². The van der Waals surface area contributed by atoms with Crippen LogP contribution in [0, 0.1) is 0 Å². The summed E-state index contributed by atoms with van der Waals surface area (Å²) in [5.74, 6) is -0.265. The third-order valence-electron chi connectivity index (χ3n) is 6.57. The number of urea groups is 1. The molecule has 7 heteroatoms. The van der Waals surface area contributed by atoms with E-state index in [9.17, 15) is 14.7 Å². The van der Waals surface area contributed by atoms with Crippen LogP contribution >= 0.6 is 0 Å². The highest BCUT2D eigenvalue weighted by atomic mass is 16.5. The molecule has 1 fully saturated rings. The SMILES string of the molecule is CCOC(Cc1ccc(OCCN(CCCCc2ccccc2)C(=O)NC2CCCC2)cc1)C(=O)O. The van der Waals surface area contributed by atoms with Gasteiger partial charge in [0.05, 0.1) is 6.54 Å². The fourth-order valence-electron chi connectivity index (χ4n) is 4.56. The lowest BCUT2D eigenvalue weighted by atomic mass is 10.1. The molecule has 0 aromatic heterocycles. The van der Waals surface area contributed by atoms with Crippen molar-refractivity contribution in [1.82, 2.24) is 10.2 Å². The number of nitrogens with zero attached hydrogens (tertiary/aromatic N) is 1. The summed E-state index contributed by atoms with van der Waals surface area (Å²) in [6.45, 7) is 3.74. The standard InChI is InChI=1S/C29H40N2O5/c1-2-35-27(28(32)33)22-24-15-17-26(18-16-24)36-21-20-31(29(34)30-25-13-6-7-14-25)19-9-8-12-23-10-4-3-5-11-23/h3-5,10-11,15-18,25,27H,2,6-9,12-14,19-22H2,1H3,(H,30,34)(H,32,33). The molecule has 36 heavy (non-hydrogen) atoms. The molecule has 1 atom stereocenters. The first-order chi connectivity index (χ1) is 17.5. The Morgan fingerprint density at radius 3 is 2.39 bits per heavy atom. The molecule has 0 bridgehead atoms. The van der Waals surface area contributed by atoms with E-state index in [4.69, 9.17) is 9.47 Å². The van der Waals surface area contributed by atoms with E-state index < -0.39 is 12.1 Å². The topological polar surface area (TPSA) is 88.1 Å². The van der Waals surface area contributed by atoms with Gasteiger partial charge in [-0.05, 0) is 62.3 Å². The molecule has 2 N–H and O–H groups in total. The highest BCUT2D eigenvalue weighted by molar-refractivity contribution is 5.74. The van der Waals surface area contributed by atoms with Gasteiger partial charge in [-0.3, -0.25) is 0 Å². The maximum atomic E-state index is 13.0. The summed E-state index contributed by atoms with van der Waals surface area (Å²) in [4.78, 5) is 26.1. The van der Waals surface area contributed by atoms with Gasteiger partial charge < -0.3 is 24.8 Å². The van der Waals surface area contributed by atoms with Gasteiger partial charge in [-0.15, -0.1) is 0 Å². The highest BCUT2D eigenvalue weighted by Gasteiger charge is 2.21. The van der Waals surface area contributed by atoms with Crippen LogP contribution in [0.1, 0.15) is 56.6 Å². The van der Waals surface area contributed by atoms with E-state index in [-0.39, 0.29) is 12.1 Å². The summed E-state index contributed by atoms with van der Waals surface area (Å²) in [6, 6.07) is 18.1. The number of aliphatic carboxylic acids is 1. The van der Waals surface area contributed by atoms with Gasteiger partial charge >= 0.3 is 12.0 Å². The molecule has 0 heterocycles. The second-order valence-corrected chi connectivity index (χ2v) is 9.34. The zero-order chi connectivity index (χ0) is 25.6. The number of amides is 2. The van der Waals surface area contributed by atoms with Crippen LogP contribution in [0.15, 0.2) is 54.6 Å². The maximum absolute atomic E-state index is 13.0. The molecule has 2 amide bonds. The number of carboxylic acid groups (broad SMARTS) is 1. The molecule has 0 spiro atoms. The molecule has 196 valence electrons. The minimum Gasteiger partial charge on any atom is -0.492 e. The summed E-state index contributed by atoms with van der Waals surface area (Å²) in [5, 5.41) is 12.5. The lowest BCUT2D eigenvalue weighted by Crippen LogP contribution is -2.46. The predicted octanol–water partition coefficient (Wildman–Crippen LogP) is 5.07. The molecular formula is C29H40N2O5. The van der Waals surface area contributed by atoms with Crippen LogP contribution in [0.2, 0.25) is 0 Å². The predicted molar refractivity (Wildman–Crippen MR) is 140 cm³/mol. The fraction of sp³-hybridized carbons (Fsp3) is 0.517. The normalized spacial score (nSPS) is 14.4. The minimum atomic E-state index is -0.961. The second-order valence-electron chi connectivity index (χ2n) is 9.34. The Morgan fingerprint density at radius 1 is 1.00 bits per heavy atom. The second kappa shape index (κ2) is 15.1. The van der Waals surface area contributed by atoms with Gasteiger partial charge in [-0.1, -0.05) is 55.3 Å². The number of carbonyl (C=O) groups is 2. The molecule has 3 rings (SSSR count). The number of hydrogen-bond donors (Lipinski definition) is 2. The molecule has 7 nitrogen and oxygen atoms in total. The molecule has 1 saturated carbocycles. The van der Waals surface area contributed by atoms with Crippen molar-refractivity contribution >= 4 is 12.0 Å². The Bertz CT molecular complexity index is 913. The van der Waals surface area contributed by atoms with Gasteiger partial charge in [0.2, 0.25) is 0 Å². The number of aryl methyl sites for hydroxylation is 1. The molecule has 1 aliphatic carbocycles. The number of rotatable bonds is 15. The number of carboxylic acids is 1. The van der Waals surface area contributed by atoms with Crippen LogP contribution in [0.3, 0.4) is 0 Å². The van der Waals surface area contributed by atoms with Crippen LogP contribution in [0.5, 0.6) is 5.75 Å². The highest BCUT2D eigenvalue weighted by Crippen LogP contribution is 2.18. The number of ether oxygens (including phenoxy) is 2. The average Bonchev–Trinajstić information content (AvgIpc) is 3.39. The van der Waals surface area contributed by atoms with E-state index in [1.54, 1.807) is 6.92 Å². The molecule has 2 aromatic rings. The minimum absolute atomic E-state index is 0.00352. The largest absolute Gasteiger partial charge is 0.492 e. The van der Waals surface area contributed by atoms with Crippen molar-refractivity contribution in [3.8, 4) is 5.75 Å². The van der Waals surface area contributed by atoms with E-state index >= 15 is 0 Å². The van der Waals surface area contributed by atoms with Gasteiger partial charge in [0, 0.05) is 25.6 Å². The van der Waals surface area contributed by atoms with Crippen LogP contribution in [-0.4, -0.2) is 60.5 Å². The van der Waals surface area contributed by atoms with E-state index in [0.717, 1.165) is 37.7 Å². The molecular weight excluding hydrogens is 456 g/mol. The monoisotopic (exact) mass is 496 g/mol. The molecule has 1 unspecified atom stereocenters. The Hall–Kier alpha value is -3.06. The summed E-state index contributed by atoms with van der Waals surface area (Å²) < 4.78 is 11.2. The van der Waals surface area contributed by atoms with Crippen molar-refractivity contribution in [3.63, 3.8) is 0 Å². The van der Waals surface area contributed by atoms with Crippen molar-refractivity contribution in [3.05, 3.63) is 65.7 Å². The van der Waals surface area contributed by atoms with Crippen molar-refractivity contribution in [2.24, 2.45) is 0 Å². The Morgan fingerprint density at radius 2 is 1.72 bits per heavy atom. The number of carbonyl (C=O) groups excluding carboxylic acids is 1. The van der Waals surface area contributed by atoms with Crippen LogP contribution in [-0.2, 0) is 22.4 Å². The summed E-state index contributed by atoms with van der Waals surface area (Å²) in [5.41, 5.74) is 2.20. The maximum Gasteiger partial charge on any atom is 0.333 e. The van der Waals surface area contributed by atoms with Gasteiger partial charge in [0.1, 0.15) is 12.4 Å². The van der Waals surface area contributed by atoms with Crippen molar-refractivity contribution in [2.45, 2.75) is 70.4 Å². The zero-order valence-corrected chi connectivity index (χ0v) is 21.4. The van der Waals surface area contributed by atoms with Crippen LogP contribution in [0.25, 0.3) is 0 Å². The Labute approximate surface area is 214 Å². The van der Waals surface area contributed by atoms with Crippen molar-refractivity contribution < 1.29 is 24.2 Å². The molecule has 0 radical (unpaired) electrons. The van der Waals surface area contributed by atoms with Crippen LogP contribution in [0.4, 0.5) is 4.79 Å². The third kappa shape index (κ3) is 9.53. The average molecular weight is 497 g/mol.